The minimum atomic E-state index is -0.322. The van der Waals surface area contributed by atoms with E-state index in [1.165, 1.54) is 6.07 Å². The van der Waals surface area contributed by atoms with Crippen LogP contribution in [-0.2, 0) is 6.42 Å². The van der Waals surface area contributed by atoms with Crippen molar-refractivity contribution in [3.05, 3.63) is 39.1 Å². The summed E-state index contributed by atoms with van der Waals surface area (Å²) in [6.45, 7) is 5.37. The van der Waals surface area contributed by atoms with Crippen molar-refractivity contribution in [3.8, 4) is 12.3 Å². The Bertz CT molecular complexity index is 546. The number of pyridine rings is 1. The van der Waals surface area contributed by atoms with Crippen LogP contribution in [0.2, 0.25) is 0 Å². The lowest BCUT2D eigenvalue weighted by Crippen LogP contribution is -2.12. The number of aromatic amines is 1. The van der Waals surface area contributed by atoms with Crippen LogP contribution in [0.5, 0.6) is 0 Å². The van der Waals surface area contributed by atoms with Gasteiger partial charge in [0, 0.05) is 17.3 Å². The van der Waals surface area contributed by atoms with Crippen LogP contribution in [-0.4, -0.2) is 4.98 Å². The molecule has 0 atom stereocenters. The zero-order valence-corrected chi connectivity index (χ0v) is 10.4. The number of rotatable bonds is 3. The van der Waals surface area contributed by atoms with Crippen LogP contribution in [0.3, 0.4) is 0 Å². The van der Waals surface area contributed by atoms with Crippen LogP contribution in [0.15, 0.2) is 16.7 Å². The summed E-state index contributed by atoms with van der Waals surface area (Å²) in [6, 6.07) is 1.44. The van der Waals surface area contributed by atoms with Gasteiger partial charge in [0.25, 0.3) is 0 Å². The summed E-state index contributed by atoms with van der Waals surface area (Å²) in [4.78, 5) is 14.1. The summed E-state index contributed by atoms with van der Waals surface area (Å²) in [5.41, 5.74) is 2.11. The second kappa shape index (κ2) is 5.49. The minimum Gasteiger partial charge on any atom is -0.326 e. The average Bonchev–Trinajstić information content (AvgIpc) is 2.31. The highest BCUT2D eigenvalue weighted by molar-refractivity contribution is 5.82. The first-order valence-corrected chi connectivity index (χ1v) is 5.63. The maximum Gasteiger partial charge on any atom is 0.248 e. The molecule has 0 spiro atoms. The largest absolute Gasteiger partial charge is 0.326 e. The summed E-state index contributed by atoms with van der Waals surface area (Å²) in [5, 5.41) is 0. The fourth-order valence-corrected chi connectivity index (χ4v) is 1.83. The molecule has 1 rings (SSSR count). The van der Waals surface area contributed by atoms with E-state index in [0.717, 1.165) is 0 Å². The standard InChI is InChI=1S/C14H16FNO/c1-5-10(11(15)6-2)14-9(4)8-13(17)16-12(14)7-3/h1,8H,6-7H2,2-4H3,(H,16,17)/b11-10+. The van der Waals surface area contributed by atoms with Gasteiger partial charge in [-0.3, -0.25) is 4.79 Å². The van der Waals surface area contributed by atoms with Crippen molar-refractivity contribution in [1.82, 2.24) is 4.98 Å². The third-order valence-corrected chi connectivity index (χ3v) is 2.65. The molecule has 17 heavy (non-hydrogen) atoms. The molecule has 0 aliphatic carbocycles. The van der Waals surface area contributed by atoms with Gasteiger partial charge in [-0.25, -0.2) is 4.39 Å². The van der Waals surface area contributed by atoms with Gasteiger partial charge in [0.1, 0.15) is 5.83 Å². The van der Waals surface area contributed by atoms with E-state index in [1.54, 1.807) is 13.8 Å². The lowest BCUT2D eigenvalue weighted by atomic mass is 9.97. The van der Waals surface area contributed by atoms with Crippen molar-refractivity contribution in [2.75, 3.05) is 0 Å². The van der Waals surface area contributed by atoms with Gasteiger partial charge in [0.15, 0.2) is 0 Å². The topological polar surface area (TPSA) is 32.9 Å². The van der Waals surface area contributed by atoms with Gasteiger partial charge in [-0.15, -0.1) is 6.42 Å². The molecule has 0 aliphatic heterocycles. The zero-order valence-electron chi connectivity index (χ0n) is 10.4. The molecule has 0 radical (unpaired) electrons. The molecule has 2 nitrogen and oxygen atoms in total. The van der Waals surface area contributed by atoms with Gasteiger partial charge < -0.3 is 4.98 Å². The molecule has 90 valence electrons. The molecule has 0 aromatic carbocycles. The number of hydrogen-bond acceptors (Lipinski definition) is 1. The lowest BCUT2D eigenvalue weighted by molar-refractivity contribution is 0.609. The molecule has 0 saturated heterocycles. The molecule has 0 unspecified atom stereocenters. The number of allylic oxidation sites excluding steroid dienone is 2. The number of halogens is 1. The summed E-state index contributed by atoms with van der Waals surface area (Å²) in [7, 11) is 0. The fourth-order valence-electron chi connectivity index (χ4n) is 1.83. The van der Waals surface area contributed by atoms with E-state index in [-0.39, 0.29) is 23.4 Å². The Morgan fingerprint density at radius 1 is 1.53 bits per heavy atom. The van der Waals surface area contributed by atoms with Crippen LogP contribution >= 0.6 is 0 Å². The van der Waals surface area contributed by atoms with E-state index in [9.17, 15) is 9.18 Å². The third-order valence-electron chi connectivity index (χ3n) is 2.65. The summed E-state index contributed by atoms with van der Waals surface area (Å²) >= 11 is 0. The van der Waals surface area contributed by atoms with Crippen LogP contribution in [0, 0.1) is 19.3 Å². The van der Waals surface area contributed by atoms with E-state index < -0.39 is 0 Å². The lowest BCUT2D eigenvalue weighted by Gasteiger charge is -2.11. The van der Waals surface area contributed by atoms with Crippen molar-refractivity contribution < 1.29 is 4.39 Å². The van der Waals surface area contributed by atoms with Crippen LogP contribution in [0.25, 0.3) is 5.57 Å². The van der Waals surface area contributed by atoms with Crippen LogP contribution in [0.1, 0.15) is 37.1 Å². The SMILES string of the molecule is C#C/C(=C(\F)CC)c1c(C)cc(=O)[nH]c1CC. The molecular formula is C14H16FNO. The fraction of sp³-hybridized carbons (Fsp3) is 0.357. The van der Waals surface area contributed by atoms with E-state index in [0.29, 0.717) is 23.2 Å². The highest BCUT2D eigenvalue weighted by Gasteiger charge is 2.13. The van der Waals surface area contributed by atoms with Crippen molar-refractivity contribution in [1.29, 1.82) is 0 Å². The number of aromatic nitrogens is 1. The summed E-state index contributed by atoms with van der Waals surface area (Å²) in [5.74, 6) is 2.06. The predicted molar refractivity (Wildman–Crippen MR) is 68.3 cm³/mol. The van der Waals surface area contributed by atoms with Crippen molar-refractivity contribution in [3.63, 3.8) is 0 Å². The van der Waals surface area contributed by atoms with Gasteiger partial charge in [-0.05, 0) is 25.3 Å². The van der Waals surface area contributed by atoms with Crippen molar-refractivity contribution >= 4 is 5.57 Å². The Hall–Kier alpha value is -1.82. The highest BCUT2D eigenvalue weighted by Crippen LogP contribution is 2.25. The van der Waals surface area contributed by atoms with E-state index in [4.69, 9.17) is 6.42 Å². The van der Waals surface area contributed by atoms with Crippen LogP contribution < -0.4 is 5.56 Å². The molecule has 1 aromatic heterocycles. The number of aryl methyl sites for hydroxylation is 2. The van der Waals surface area contributed by atoms with Gasteiger partial charge in [-0.1, -0.05) is 19.8 Å². The van der Waals surface area contributed by atoms with Gasteiger partial charge >= 0.3 is 0 Å². The van der Waals surface area contributed by atoms with Gasteiger partial charge in [0.05, 0.1) is 5.57 Å². The zero-order chi connectivity index (χ0) is 13.0. The van der Waals surface area contributed by atoms with E-state index in [1.807, 2.05) is 6.92 Å². The van der Waals surface area contributed by atoms with Crippen molar-refractivity contribution in [2.45, 2.75) is 33.6 Å². The molecule has 1 heterocycles. The van der Waals surface area contributed by atoms with E-state index >= 15 is 0 Å². The molecule has 1 aromatic rings. The highest BCUT2D eigenvalue weighted by atomic mass is 19.1. The third kappa shape index (κ3) is 2.65. The first-order valence-electron chi connectivity index (χ1n) is 5.63. The number of hydrogen-bond donors (Lipinski definition) is 1. The maximum absolute atomic E-state index is 13.7. The molecule has 0 bridgehead atoms. The second-order valence-electron chi connectivity index (χ2n) is 3.80. The molecule has 0 saturated carbocycles. The maximum atomic E-state index is 13.7. The Morgan fingerprint density at radius 2 is 2.18 bits per heavy atom. The quantitative estimate of drug-likeness (QED) is 0.800. The first-order chi connectivity index (χ1) is 8.04. The average molecular weight is 233 g/mol. The molecule has 0 aliphatic rings. The van der Waals surface area contributed by atoms with Gasteiger partial charge in [-0.2, -0.15) is 0 Å². The minimum absolute atomic E-state index is 0.184. The first kappa shape index (κ1) is 13.2. The summed E-state index contributed by atoms with van der Waals surface area (Å²) < 4.78 is 13.7. The Morgan fingerprint density at radius 3 is 2.65 bits per heavy atom. The molecule has 1 N–H and O–H groups in total. The van der Waals surface area contributed by atoms with Crippen LogP contribution in [0.4, 0.5) is 4.39 Å². The van der Waals surface area contributed by atoms with E-state index in [2.05, 4.69) is 10.9 Å². The summed E-state index contributed by atoms with van der Waals surface area (Å²) in [6.07, 6.45) is 6.23. The Balaban J connectivity index is 3.61. The number of terminal acetylenes is 1. The molecular weight excluding hydrogens is 217 g/mol. The second-order valence-corrected chi connectivity index (χ2v) is 3.80. The Kier molecular flexibility index (Phi) is 4.28. The molecule has 0 fully saturated rings. The predicted octanol–water partition coefficient (Wildman–Crippen LogP) is 2.97. The normalized spacial score (nSPS) is 11.9. The van der Waals surface area contributed by atoms with Gasteiger partial charge in [0.2, 0.25) is 5.56 Å². The molecule has 0 amide bonds. The smallest absolute Gasteiger partial charge is 0.248 e. The number of H-pyrrole nitrogens is 1. The Labute approximate surface area is 101 Å². The molecule has 3 heteroatoms. The van der Waals surface area contributed by atoms with Crippen molar-refractivity contribution in [2.24, 2.45) is 0 Å². The number of nitrogens with one attached hydrogen (secondary N) is 1. The monoisotopic (exact) mass is 233 g/mol.